The first-order chi connectivity index (χ1) is 7.00. The molecule has 0 saturated carbocycles. The zero-order valence-electron chi connectivity index (χ0n) is 8.98. The topological polar surface area (TPSA) is 36.1 Å². The van der Waals surface area contributed by atoms with Gasteiger partial charge in [0.05, 0.1) is 0 Å². The number of nitrogens with one attached hydrogen (secondary N) is 3. The second kappa shape index (κ2) is 9.77. The van der Waals surface area contributed by atoms with Crippen molar-refractivity contribution in [2.45, 2.75) is 12.8 Å². The Labute approximate surface area is 91.8 Å². The molecule has 3 N–H and O–H groups in total. The van der Waals surface area contributed by atoms with Crippen LogP contribution in [0.3, 0.4) is 0 Å². The summed E-state index contributed by atoms with van der Waals surface area (Å²) in [7, 11) is 0. The molecule has 0 radical (unpaired) electrons. The average Bonchev–Trinajstić information content (AvgIpc) is 2.22. The summed E-state index contributed by atoms with van der Waals surface area (Å²) in [5.74, 6) is 2.55. The van der Waals surface area contributed by atoms with E-state index >= 15 is 0 Å². The zero-order chi connectivity index (χ0) is 9.90. The van der Waals surface area contributed by atoms with Gasteiger partial charge in [-0.25, -0.2) is 0 Å². The first-order valence-electron chi connectivity index (χ1n) is 5.70. The van der Waals surface area contributed by atoms with Crippen LogP contribution in [-0.4, -0.2) is 50.8 Å². The van der Waals surface area contributed by atoms with E-state index in [-0.39, 0.29) is 0 Å². The molecule has 0 aromatic rings. The van der Waals surface area contributed by atoms with Gasteiger partial charge in [-0.1, -0.05) is 0 Å². The number of hydrogen-bond donors (Lipinski definition) is 3. The fourth-order valence-electron chi connectivity index (χ4n) is 1.44. The van der Waals surface area contributed by atoms with Crippen LogP contribution in [0.15, 0.2) is 0 Å². The normalized spacial score (nSPS) is 24.0. The molecule has 1 rings (SSSR count). The summed E-state index contributed by atoms with van der Waals surface area (Å²) in [5.41, 5.74) is 0. The van der Waals surface area contributed by atoms with E-state index in [0.29, 0.717) is 0 Å². The van der Waals surface area contributed by atoms with Crippen LogP contribution in [0.25, 0.3) is 0 Å². The van der Waals surface area contributed by atoms with Crippen molar-refractivity contribution in [1.82, 2.24) is 16.0 Å². The predicted molar refractivity (Wildman–Crippen MR) is 65.2 cm³/mol. The highest BCUT2D eigenvalue weighted by Crippen LogP contribution is 1.99. The summed E-state index contributed by atoms with van der Waals surface area (Å²) in [4.78, 5) is 0. The van der Waals surface area contributed by atoms with Gasteiger partial charge in [0.2, 0.25) is 0 Å². The summed E-state index contributed by atoms with van der Waals surface area (Å²) in [6.07, 6.45) is 2.54. The summed E-state index contributed by atoms with van der Waals surface area (Å²) < 4.78 is 0. The minimum Gasteiger partial charge on any atom is -0.316 e. The molecule has 1 aliphatic heterocycles. The van der Waals surface area contributed by atoms with Gasteiger partial charge in [-0.15, -0.1) is 0 Å². The number of rotatable bonds is 0. The van der Waals surface area contributed by atoms with Crippen molar-refractivity contribution < 1.29 is 0 Å². The zero-order valence-corrected chi connectivity index (χ0v) is 9.80. The van der Waals surface area contributed by atoms with Gasteiger partial charge in [-0.3, -0.25) is 0 Å². The second-order valence-corrected chi connectivity index (χ2v) is 4.79. The van der Waals surface area contributed by atoms with Crippen LogP contribution >= 0.6 is 11.8 Å². The minimum atomic E-state index is 1.10. The van der Waals surface area contributed by atoms with Gasteiger partial charge in [-0.2, -0.15) is 11.8 Å². The number of hydrogen-bond acceptors (Lipinski definition) is 4. The number of thioether (sulfide) groups is 1. The maximum Gasteiger partial charge on any atom is 0.00767 e. The maximum absolute atomic E-state index is 3.46. The standard InChI is InChI=1S/C10H23N3S/c1-3-11-6-7-12-5-2-9-14-10-8-13-4-1/h11-13H,1-10H2. The van der Waals surface area contributed by atoms with E-state index in [1.54, 1.807) is 0 Å². The molecular formula is C10H23N3S. The Kier molecular flexibility index (Phi) is 8.59. The third kappa shape index (κ3) is 7.62. The van der Waals surface area contributed by atoms with E-state index < -0.39 is 0 Å². The molecule has 0 unspecified atom stereocenters. The molecule has 14 heavy (non-hydrogen) atoms. The third-order valence-electron chi connectivity index (χ3n) is 2.25. The van der Waals surface area contributed by atoms with Crippen molar-refractivity contribution in [3.63, 3.8) is 0 Å². The van der Waals surface area contributed by atoms with Gasteiger partial charge in [0.15, 0.2) is 0 Å². The lowest BCUT2D eigenvalue weighted by molar-refractivity contribution is 0.576. The predicted octanol–water partition coefficient (Wildman–Crippen LogP) is 0.282. The van der Waals surface area contributed by atoms with Crippen LogP contribution in [0.5, 0.6) is 0 Å². The van der Waals surface area contributed by atoms with Gasteiger partial charge >= 0.3 is 0 Å². The fourth-order valence-corrected chi connectivity index (χ4v) is 2.28. The molecule has 1 saturated heterocycles. The molecule has 3 nitrogen and oxygen atoms in total. The molecule has 0 atom stereocenters. The van der Waals surface area contributed by atoms with Gasteiger partial charge in [-0.05, 0) is 38.2 Å². The first-order valence-corrected chi connectivity index (χ1v) is 6.85. The van der Waals surface area contributed by atoms with Gasteiger partial charge in [0, 0.05) is 25.4 Å². The highest BCUT2D eigenvalue weighted by atomic mass is 32.2. The molecule has 0 bridgehead atoms. The molecule has 1 fully saturated rings. The summed E-state index contributed by atoms with van der Waals surface area (Å²) in [6, 6.07) is 0. The van der Waals surface area contributed by atoms with Crippen LogP contribution in [0, 0.1) is 0 Å². The van der Waals surface area contributed by atoms with Gasteiger partial charge in [0.25, 0.3) is 0 Å². The molecule has 84 valence electrons. The Bertz CT molecular complexity index is 68.6. The van der Waals surface area contributed by atoms with E-state index in [0.717, 1.165) is 32.7 Å². The highest BCUT2D eigenvalue weighted by Gasteiger charge is 1.93. The van der Waals surface area contributed by atoms with E-state index in [1.165, 1.54) is 30.9 Å². The Morgan fingerprint density at radius 2 is 1.21 bits per heavy atom. The van der Waals surface area contributed by atoms with E-state index in [4.69, 9.17) is 0 Å². The van der Waals surface area contributed by atoms with Crippen molar-refractivity contribution in [3.05, 3.63) is 0 Å². The van der Waals surface area contributed by atoms with E-state index in [9.17, 15) is 0 Å². The molecule has 0 spiro atoms. The van der Waals surface area contributed by atoms with Crippen LogP contribution in [0.4, 0.5) is 0 Å². The lowest BCUT2D eigenvalue weighted by atomic mass is 10.4. The Balaban J connectivity index is 2.00. The van der Waals surface area contributed by atoms with E-state index in [1.807, 2.05) is 0 Å². The highest BCUT2D eigenvalue weighted by molar-refractivity contribution is 7.99. The van der Waals surface area contributed by atoms with Crippen molar-refractivity contribution in [2.24, 2.45) is 0 Å². The summed E-state index contributed by atoms with van der Waals surface area (Å²) in [5, 5.41) is 10.3. The van der Waals surface area contributed by atoms with Gasteiger partial charge < -0.3 is 16.0 Å². The lowest BCUT2D eigenvalue weighted by Crippen LogP contribution is -2.30. The molecule has 0 aromatic carbocycles. The quantitative estimate of drug-likeness (QED) is 0.545. The molecule has 0 amide bonds. The van der Waals surface area contributed by atoms with Crippen LogP contribution in [-0.2, 0) is 0 Å². The molecule has 4 heteroatoms. The first kappa shape index (κ1) is 12.3. The van der Waals surface area contributed by atoms with Crippen molar-refractivity contribution in [2.75, 3.05) is 50.8 Å². The fraction of sp³-hybridized carbons (Fsp3) is 1.00. The molecule has 0 aromatic heterocycles. The minimum absolute atomic E-state index is 1.10. The maximum atomic E-state index is 3.46. The largest absolute Gasteiger partial charge is 0.316 e. The monoisotopic (exact) mass is 217 g/mol. The van der Waals surface area contributed by atoms with Crippen molar-refractivity contribution in [1.29, 1.82) is 0 Å². The second-order valence-electron chi connectivity index (χ2n) is 3.57. The van der Waals surface area contributed by atoms with Crippen LogP contribution in [0.2, 0.25) is 0 Å². The molecule has 0 aliphatic carbocycles. The van der Waals surface area contributed by atoms with Gasteiger partial charge in [0.1, 0.15) is 0 Å². The smallest absolute Gasteiger partial charge is 0.00767 e. The lowest BCUT2D eigenvalue weighted by Gasteiger charge is -2.09. The Hall–Kier alpha value is 0.230. The molecule has 1 heterocycles. The SMILES string of the molecule is C1CNCCNCCCSCCNC1. The van der Waals surface area contributed by atoms with Crippen LogP contribution in [0.1, 0.15) is 12.8 Å². The summed E-state index contributed by atoms with van der Waals surface area (Å²) >= 11 is 2.06. The van der Waals surface area contributed by atoms with E-state index in [2.05, 4.69) is 27.7 Å². The summed E-state index contributed by atoms with van der Waals surface area (Å²) in [6.45, 7) is 6.84. The Morgan fingerprint density at radius 1 is 0.571 bits per heavy atom. The van der Waals surface area contributed by atoms with Crippen molar-refractivity contribution >= 4 is 11.8 Å². The molecular weight excluding hydrogens is 194 g/mol. The third-order valence-corrected chi connectivity index (χ3v) is 3.32. The Morgan fingerprint density at radius 3 is 2.00 bits per heavy atom. The molecule has 1 aliphatic rings. The average molecular weight is 217 g/mol. The van der Waals surface area contributed by atoms with Crippen molar-refractivity contribution in [3.8, 4) is 0 Å². The van der Waals surface area contributed by atoms with Crippen LogP contribution < -0.4 is 16.0 Å².